The molecule has 2 heterocycles. The molecular weight excluding hydrogens is 447 g/mol. The number of ketones is 1. The molecule has 1 aliphatic carbocycles. The number of amides is 2. The first kappa shape index (κ1) is 21.9. The van der Waals surface area contributed by atoms with Gasteiger partial charge in [0, 0.05) is 31.5 Å². The molecule has 33 heavy (non-hydrogen) atoms. The summed E-state index contributed by atoms with van der Waals surface area (Å²) in [7, 11) is -2.74. The number of nitrogens with zero attached hydrogens (tertiary/aromatic N) is 2. The number of imide groups is 1. The van der Waals surface area contributed by atoms with E-state index in [9.17, 15) is 27.2 Å². The van der Waals surface area contributed by atoms with Crippen LogP contribution in [0.5, 0.6) is 0 Å². The maximum Gasteiger partial charge on any atom is 0.243 e. The molecule has 0 radical (unpaired) electrons. The van der Waals surface area contributed by atoms with E-state index in [1.165, 1.54) is 37.4 Å². The molecule has 2 amide bonds. The minimum absolute atomic E-state index is 0.0306. The summed E-state index contributed by atoms with van der Waals surface area (Å²) in [5, 5.41) is 0. The van der Waals surface area contributed by atoms with Gasteiger partial charge in [-0.2, -0.15) is 4.31 Å². The van der Waals surface area contributed by atoms with Crippen LogP contribution in [0.2, 0.25) is 0 Å². The Morgan fingerprint density at radius 2 is 1.61 bits per heavy atom. The standard InChI is InChI=1S/C24H23FN2O5S/c1-13-7-9-14(10-8-13)33(31,32)27-12-17-20-16(23(29)26(2)24(20)30)11-19(28)21(17)22(27)15-5-3-4-6-18(15)25/h3-10,16-17,20-22H,11-12H2,1-2H3/t16-,17-,20-,21-,22-/m0/s1. The monoisotopic (exact) mass is 470 g/mol. The highest BCUT2D eigenvalue weighted by atomic mass is 32.2. The molecule has 9 heteroatoms. The van der Waals surface area contributed by atoms with Crippen LogP contribution >= 0.6 is 0 Å². The number of fused-ring (bicyclic) bond motifs is 3. The number of likely N-dealkylation sites (tertiary alicyclic amines) is 1. The van der Waals surface area contributed by atoms with Gasteiger partial charge in [0.25, 0.3) is 0 Å². The molecule has 0 unspecified atom stereocenters. The van der Waals surface area contributed by atoms with Crippen LogP contribution < -0.4 is 0 Å². The van der Waals surface area contributed by atoms with Gasteiger partial charge in [0.2, 0.25) is 21.8 Å². The molecule has 0 spiro atoms. The van der Waals surface area contributed by atoms with Crippen molar-refractivity contribution in [3.05, 3.63) is 65.5 Å². The number of hydrogen-bond acceptors (Lipinski definition) is 5. The Labute approximate surface area is 191 Å². The molecule has 3 fully saturated rings. The molecule has 0 bridgehead atoms. The van der Waals surface area contributed by atoms with E-state index < -0.39 is 57.4 Å². The topological polar surface area (TPSA) is 91.8 Å². The van der Waals surface area contributed by atoms with Gasteiger partial charge in [-0.15, -0.1) is 0 Å². The van der Waals surface area contributed by atoms with Crippen LogP contribution in [0, 0.1) is 36.4 Å². The van der Waals surface area contributed by atoms with Gasteiger partial charge in [-0.05, 0) is 31.0 Å². The van der Waals surface area contributed by atoms with E-state index in [-0.39, 0.29) is 29.2 Å². The maximum atomic E-state index is 15.0. The van der Waals surface area contributed by atoms with Gasteiger partial charge in [-0.1, -0.05) is 35.9 Å². The van der Waals surface area contributed by atoms with Gasteiger partial charge in [0.05, 0.1) is 22.8 Å². The van der Waals surface area contributed by atoms with Gasteiger partial charge in [-0.25, -0.2) is 12.8 Å². The molecule has 2 aromatic carbocycles. The molecule has 0 aromatic heterocycles. The number of hydrogen-bond donors (Lipinski definition) is 0. The summed E-state index contributed by atoms with van der Waals surface area (Å²) < 4.78 is 43.6. The molecule has 2 aromatic rings. The second-order valence-corrected chi connectivity index (χ2v) is 11.0. The third-order valence-corrected chi connectivity index (χ3v) is 9.17. The van der Waals surface area contributed by atoms with Crippen LogP contribution in [0.25, 0.3) is 0 Å². The van der Waals surface area contributed by atoms with Crippen molar-refractivity contribution >= 4 is 27.6 Å². The van der Waals surface area contributed by atoms with Crippen LogP contribution in [0.4, 0.5) is 4.39 Å². The Kier molecular flexibility index (Phi) is 5.02. The van der Waals surface area contributed by atoms with Crippen molar-refractivity contribution in [3.63, 3.8) is 0 Å². The van der Waals surface area contributed by atoms with Gasteiger partial charge < -0.3 is 0 Å². The van der Waals surface area contributed by atoms with Gasteiger partial charge in [0.1, 0.15) is 11.6 Å². The fourth-order valence-electron chi connectivity index (χ4n) is 5.71. The lowest BCUT2D eigenvalue weighted by Crippen LogP contribution is -2.42. The summed E-state index contributed by atoms with van der Waals surface area (Å²) in [6, 6.07) is 11.0. The summed E-state index contributed by atoms with van der Waals surface area (Å²) in [4.78, 5) is 39.9. The molecule has 3 aliphatic rings. The normalized spacial score (nSPS) is 30.0. The van der Waals surface area contributed by atoms with Crippen molar-refractivity contribution in [1.29, 1.82) is 0 Å². The number of carbonyl (C=O) groups excluding carboxylic acids is 3. The van der Waals surface area contributed by atoms with Crippen LogP contribution in [-0.4, -0.2) is 48.8 Å². The SMILES string of the molecule is Cc1ccc(S(=O)(=O)N2C[C@H]3[C@H]4C(=O)N(C)C(=O)[C@H]4CC(=O)[C@H]3[C@@H]2c2ccccc2F)cc1. The number of Topliss-reactive ketones (excluding diaryl/α,β-unsaturated/α-hetero) is 1. The summed E-state index contributed by atoms with van der Waals surface area (Å²) in [5.41, 5.74) is 0.975. The Morgan fingerprint density at radius 3 is 2.27 bits per heavy atom. The lowest BCUT2D eigenvalue weighted by atomic mass is 9.66. The van der Waals surface area contributed by atoms with Crippen molar-refractivity contribution < 1.29 is 27.2 Å². The van der Waals surface area contributed by atoms with Crippen molar-refractivity contribution in [2.24, 2.45) is 23.7 Å². The summed E-state index contributed by atoms with van der Waals surface area (Å²) in [5.74, 6) is -4.96. The van der Waals surface area contributed by atoms with Crippen LogP contribution in [0.15, 0.2) is 53.4 Å². The van der Waals surface area contributed by atoms with Crippen LogP contribution in [0.3, 0.4) is 0 Å². The molecule has 1 saturated carbocycles. The summed E-state index contributed by atoms with van der Waals surface area (Å²) in [6.07, 6.45) is -0.149. The van der Waals surface area contributed by atoms with E-state index in [1.807, 2.05) is 6.92 Å². The largest absolute Gasteiger partial charge is 0.299 e. The average molecular weight is 471 g/mol. The molecule has 2 saturated heterocycles. The zero-order valence-electron chi connectivity index (χ0n) is 18.1. The Morgan fingerprint density at radius 1 is 0.939 bits per heavy atom. The highest BCUT2D eigenvalue weighted by Gasteiger charge is 2.63. The quantitative estimate of drug-likeness (QED) is 0.642. The predicted octanol–water partition coefficient (Wildman–Crippen LogP) is 2.32. The number of benzene rings is 2. The van der Waals surface area contributed by atoms with Gasteiger partial charge in [0.15, 0.2) is 0 Å². The predicted molar refractivity (Wildman–Crippen MR) is 116 cm³/mol. The van der Waals surface area contributed by atoms with E-state index in [1.54, 1.807) is 18.2 Å². The van der Waals surface area contributed by atoms with Gasteiger partial charge >= 0.3 is 0 Å². The Balaban J connectivity index is 1.67. The average Bonchev–Trinajstić information content (AvgIpc) is 3.28. The van der Waals surface area contributed by atoms with Crippen molar-refractivity contribution in [2.75, 3.05) is 13.6 Å². The van der Waals surface area contributed by atoms with E-state index in [2.05, 4.69) is 0 Å². The smallest absolute Gasteiger partial charge is 0.243 e. The second-order valence-electron chi connectivity index (χ2n) is 9.08. The molecule has 5 atom stereocenters. The Hall–Kier alpha value is -2.91. The third-order valence-electron chi connectivity index (χ3n) is 7.31. The maximum absolute atomic E-state index is 15.0. The molecular formula is C24H23FN2O5S. The zero-order valence-corrected chi connectivity index (χ0v) is 19.0. The molecule has 172 valence electrons. The van der Waals surface area contributed by atoms with E-state index in [0.29, 0.717) is 0 Å². The number of aryl methyl sites for hydroxylation is 1. The minimum Gasteiger partial charge on any atom is -0.299 e. The number of halogens is 1. The minimum atomic E-state index is -4.12. The van der Waals surface area contributed by atoms with Crippen molar-refractivity contribution in [3.8, 4) is 0 Å². The Bertz CT molecular complexity index is 1280. The van der Waals surface area contributed by atoms with Crippen LogP contribution in [-0.2, 0) is 24.4 Å². The summed E-state index contributed by atoms with van der Waals surface area (Å²) >= 11 is 0. The first-order chi connectivity index (χ1) is 15.6. The second kappa shape index (κ2) is 7.56. The van der Waals surface area contributed by atoms with Gasteiger partial charge in [-0.3, -0.25) is 19.3 Å². The highest BCUT2D eigenvalue weighted by Crippen LogP contribution is 2.54. The highest BCUT2D eigenvalue weighted by molar-refractivity contribution is 7.89. The van der Waals surface area contributed by atoms with Crippen molar-refractivity contribution in [1.82, 2.24) is 9.21 Å². The van der Waals surface area contributed by atoms with Crippen molar-refractivity contribution in [2.45, 2.75) is 24.3 Å². The number of rotatable bonds is 3. The first-order valence-corrected chi connectivity index (χ1v) is 12.2. The number of sulfonamides is 1. The van der Waals surface area contributed by atoms with E-state index in [4.69, 9.17) is 0 Å². The van der Waals surface area contributed by atoms with Crippen LogP contribution in [0.1, 0.15) is 23.6 Å². The fourth-order valence-corrected chi connectivity index (χ4v) is 7.37. The molecule has 7 nitrogen and oxygen atoms in total. The third kappa shape index (κ3) is 3.17. The lowest BCUT2D eigenvalue weighted by molar-refractivity contribution is -0.138. The molecule has 2 aliphatic heterocycles. The fraction of sp³-hybridized carbons (Fsp3) is 0.375. The molecule has 5 rings (SSSR count). The lowest BCUT2D eigenvalue weighted by Gasteiger charge is -2.33. The zero-order chi connectivity index (χ0) is 23.7. The number of carbonyl (C=O) groups is 3. The molecule has 0 N–H and O–H groups in total. The summed E-state index contributed by atoms with van der Waals surface area (Å²) in [6.45, 7) is 1.70. The van der Waals surface area contributed by atoms with E-state index in [0.717, 1.165) is 14.8 Å². The van der Waals surface area contributed by atoms with E-state index >= 15 is 0 Å². The first-order valence-electron chi connectivity index (χ1n) is 10.8.